The summed E-state index contributed by atoms with van der Waals surface area (Å²) in [6.07, 6.45) is 6.83. The number of hydrogen-bond donors (Lipinski definition) is 10. The molecule has 0 radical (unpaired) electrons. The molecule has 82 heavy (non-hydrogen) atoms. The number of carboxylic acids is 2. The van der Waals surface area contributed by atoms with Crippen molar-refractivity contribution in [2.24, 2.45) is 5.92 Å². The number of rotatable bonds is 27. The molecular weight excluding hydrogens is 1080 g/mol. The minimum atomic E-state index is -1.45. The van der Waals surface area contributed by atoms with Gasteiger partial charge in [0.05, 0.1) is 6.04 Å². The number of likely N-dealkylation sites (tertiary alicyclic amines) is 3. The molecule has 5 heterocycles. The van der Waals surface area contributed by atoms with Crippen LogP contribution in [0, 0.1) is 5.92 Å². The van der Waals surface area contributed by atoms with E-state index in [0.29, 0.717) is 50.9 Å². The lowest BCUT2D eigenvalue weighted by Gasteiger charge is -2.34. The van der Waals surface area contributed by atoms with Gasteiger partial charge in [-0.15, -0.1) is 0 Å². The zero-order valence-corrected chi connectivity index (χ0v) is 47.4. The standard InChI is InChI=1S/C57H77N11O13S/c1-33(2)48(54(78)62-38(21-22-46(69)70)49(73)60-32-47(71)72)65-50(74)39(23-28-82-3)61-52(76)44-19-11-26-67(44)57(81)45-20-12-27-68(45)56(80)42(29-34-13-5-4-6-14-34)64-51(75)41(30-35-31-59-37-16-8-7-15-36(35)37)63-53(77)43-18-10-25-66(43)55(79)40-17-9-24-58-40/h4-8,13-16,31,33,38-45,48,58-59H,9-12,17-30,32H2,1-3H3,(H,60,73)(H,61,76)(H,62,78)(H,63,77)(H,64,75)(H,65,74)(H,69,70)(H,71,72)/t38-,39-,40-,41-,42-,43-,44-,45-,48-/m0/s1. The maximum atomic E-state index is 15.1. The van der Waals surface area contributed by atoms with E-state index >= 15 is 4.79 Å². The number of nitrogens with zero attached hydrogens (tertiary/aromatic N) is 3. The fourth-order valence-electron chi connectivity index (χ4n) is 11.3. The first-order chi connectivity index (χ1) is 39.3. The number of carboxylic acid groups (broad SMARTS) is 2. The Balaban J connectivity index is 1.06. The number of para-hydroxylation sites is 1. The smallest absolute Gasteiger partial charge is 0.322 e. The molecule has 9 atom stereocenters. The maximum Gasteiger partial charge on any atom is 0.322 e. The summed E-state index contributed by atoms with van der Waals surface area (Å²) in [7, 11) is 0. The molecule has 3 aromatic rings. The molecular formula is C57H77N11O13S. The minimum Gasteiger partial charge on any atom is -0.481 e. The van der Waals surface area contributed by atoms with E-state index in [1.165, 1.54) is 21.6 Å². The molecule has 24 nitrogen and oxygen atoms in total. The van der Waals surface area contributed by atoms with E-state index in [9.17, 15) is 53.1 Å². The number of benzene rings is 2. The first-order valence-corrected chi connectivity index (χ1v) is 29.7. The molecule has 1 aromatic heterocycles. The van der Waals surface area contributed by atoms with Crippen LogP contribution in [0.2, 0.25) is 0 Å². The Hall–Kier alpha value is -7.54. The normalized spacial score (nSPS) is 20.6. The number of thioether (sulfide) groups is 1. The van der Waals surface area contributed by atoms with Crippen LogP contribution >= 0.6 is 11.8 Å². The molecule has 0 spiro atoms. The first kappa shape index (κ1) is 62.1. The summed E-state index contributed by atoms with van der Waals surface area (Å²) in [5, 5.41) is 38.4. The summed E-state index contributed by atoms with van der Waals surface area (Å²) in [4.78, 5) is 158. The van der Waals surface area contributed by atoms with E-state index in [1.807, 2.05) is 54.6 Å². The Morgan fingerprint density at radius 1 is 0.610 bits per heavy atom. The maximum absolute atomic E-state index is 15.1. The van der Waals surface area contributed by atoms with Crippen molar-refractivity contribution < 1.29 is 63.0 Å². The second-order valence-corrected chi connectivity index (χ2v) is 22.8. The number of hydrogen-bond acceptors (Lipinski definition) is 13. The van der Waals surface area contributed by atoms with Crippen molar-refractivity contribution in [2.75, 3.05) is 44.7 Å². The minimum absolute atomic E-state index is 0.0386. The summed E-state index contributed by atoms with van der Waals surface area (Å²) in [5.41, 5.74) is 2.29. The van der Waals surface area contributed by atoms with Crippen molar-refractivity contribution in [3.63, 3.8) is 0 Å². The zero-order valence-electron chi connectivity index (χ0n) is 46.6. The summed E-state index contributed by atoms with van der Waals surface area (Å²) >= 11 is 1.40. The third-order valence-electron chi connectivity index (χ3n) is 15.7. The number of fused-ring (bicyclic) bond motifs is 1. The number of carbonyl (C=O) groups is 11. The molecule has 0 saturated carbocycles. The van der Waals surface area contributed by atoms with Crippen molar-refractivity contribution in [1.29, 1.82) is 0 Å². The lowest BCUT2D eigenvalue weighted by molar-refractivity contribution is -0.148. The summed E-state index contributed by atoms with van der Waals surface area (Å²) in [6, 6.07) is 7.08. The number of aliphatic carboxylic acids is 2. The molecule has 2 aromatic carbocycles. The van der Waals surface area contributed by atoms with Crippen molar-refractivity contribution in [3.05, 3.63) is 71.9 Å². The number of aromatic amines is 1. The quantitative estimate of drug-likeness (QED) is 0.0499. The zero-order chi connectivity index (χ0) is 59.0. The number of aromatic nitrogens is 1. The fourth-order valence-corrected chi connectivity index (χ4v) is 11.8. The van der Waals surface area contributed by atoms with Gasteiger partial charge in [0.2, 0.25) is 53.2 Å². The molecule has 4 aliphatic heterocycles. The summed E-state index contributed by atoms with van der Waals surface area (Å²) < 4.78 is 0. The van der Waals surface area contributed by atoms with Gasteiger partial charge in [-0.1, -0.05) is 62.4 Å². The summed E-state index contributed by atoms with van der Waals surface area (Å²) in [6.45, 7) is 3.94. The van der Waals surface area contributed by atoms with Crippen molar-refractivity contribution in [3.8, 4) is 0 Å². The predicted molar refractivity (Wildman–Crippen MR) is 302 cm³/mol. The summed E-state index contributed by atoms with van der Waals surface area (Å²) in [5.74, 6) is -8.22. The van der Waals surface area contributed by atoms with Crippen LogP contribution in [-0.4, -0.2) is 194 Å². The highest BCUT2D eigenvalue weighted by atomic mass is 32.2. The molecule has 0 bridgehead atoms. The van der Waals surface area contributed by atoms with Crippen LogP contribution in [-0.2, 0) is 65.6 Å². The second-order valence-electron chi connectivity index (χ2n) is 21.8. The molecule has 0 aliphatic carbocycles. The number of H-pyrrole nitrogens is 1. The van der Waals surface area contributed by atoms with Gasteiger partial charge in [-0.3, -0.25) is 52.7 Å². The lowest BCUT2D eigenvalue weighted by Crippen LogP contribution is -2.60. The molecule has 9 amide bonds. The lowest BCUT2D eigenvalue weighted by atomic mass is 10.0. The van der Waals surface area contributed by atoms with Gasteiger partial charge in [-0.2, -0.15) is 11.8 Å². The topological polar surface area (TPSA) is 338 Å². The van der Waals surface area contributed by atoms with Crippen LogP contribution in [0.25, 0.3) is 10.9 Å². The molecule has 7 rings (SSSR count). The average Bonchev–Trinajstić information content (AvgIpc) is 4.54. The Morgan fingerprint density at radius 2 is 1.21 bits per heavy atom. The van der Waals surface area contributed by atoms with Gasteiger partial charge in [0.1, 0.15) is 54.9 Å². The number of nitrogens with one attached hydrogen (secondary N) is 8. The van der Waals surface area contributed by atoms with Gasteiger partial charge >= 0.3 is 11.9 Å². The van der Waals surface area contributed by atoms with Crippen LogP contribution in [0.1, 0.15) is 95.6 Å². The van der Waals surface area contributed by atoms with E-state index in [4.69, 9.17) is 5.11 Å². The van der Waals surface area contributed by atoms with Gasteiger partial charge < -0.3 is 67.1 Å². The monoisotopic (exact) mass is 1160 g/mol. The largest absolute Gasteiger partial charge is 0.481 e. The van der Waals surface area contributed by atoms with Crippen LogP contribution in [0.5, 0.6) is 0 Å². The number of amides is 9. The highest BCUT2D eigenvalue weighted by Crippen LogP contribution is 2.28. The molecule has 4 fully saturated rings. The Morgan fingerprint density at radius 3 is 1.84 bits per heavy atom. The Bertz CT molecular complexity index is 2810. The number of carbonyl (C=O) groups excluding carboxylic acids is 9. The third-order valence-corrected chi connectivity index (χ3v) is 16.3. The van der Waals surface area contributed by atoms with Gasteiger partial charge in [-0.25, -0.2) is 0 Å². The highest BCUT2D eigenvalue weighted by Gasteiger charge is 2.45. The Labute approximate surface area is 480 Å². The highest BCUT2D eigenvalue weighted by molar-refractivity contribution is 7.98. The molecule has 4 saturated heterocycles. The van der Waals surface area contributed by atoms with Crippen molar-refractivity contribution >= 4 is 87.8 Å². The first-order valence-electron chi connectivity index (χ1n) is 28.3. The third kappa shape index (κ3) is 16.1. The van der Waals surface area contributed by atoms with E-state index in [-0.39, 0.29) is 63.6 Å². The van der Waals surface area contributed by atoms with E-state index in [0.717, 1.165) is 28.5 Å². The van der Waals surface area contributed by atoms with E-state index in [2.05, 4.69) is 42.2 Å². The fraction of sp³-hybridized carbons (Fsp3) is 0.561. The van der Waals surface area contributed by atoms with Gasteiger partial charge in [0, 0.05) is 56.0 Å². The molecule has 25 heteroatoms. The molecule has 10 N–H and O–H groups in total. The predicted octanol–water partition coefficient (Wildman–Crippen LogP) is 0.577. The second kappa shape index (κ2) is 29.4. The average molecular weight is 1160 g/mol. The van der Waals surface area contributed by atoms with Crippen LogP contribution in [0.3, 0.4) is 0 Å². The molecule has 4 aliphatic rings. The van der Waals surface area contributed by atoms with Crippen molar-refractivity contribution in [1.82, 2.24) is 56.9 Å². The SMILES string of the molecule is CSCC[C@H](NC(=O)[C@@H]1CCCN1C(=O)[C@@H]1CCCN1C(=O)[C@H](Cc1ccccc1)NC(=O)[C@H](Cc1c[nH]c2ccccc12)NC(=O)[C@@H]1CCCN1C(=O)[C@@H]1CCCN1)C(=O)N[C@H](C(=O)N[C@@H](CCC(=O)O)C(=O)NCC(=O)O)C(C)C. The van der Waals surface area contributed by atoms with Gasteiger partial charge in [0.15, 0.2) is 0 Å². The Kier molecular flexibility index (Phi) is 22.3. The van der Waals surface area contributed by atoms with Crippen LogP contribution in [0.15, 0.2) is 60.8 Å². The van der Waals surface area contributed by atoms with Gasteiger partial charge in [-0.05, 0) is 106 Å². The molecule has 0 unspecified atom stereocenters. The van der Waals surface area contributed by atoms with E-state index in [1.54, 1.807) is 31.2 Å². The van der Waals surface area contributed by atoms with E-state index < -0.39 is 126 Å². The van der Waals surface area contributed by atoms with Crippen molar-refractivity contribution in [2.45, 2.75) is 152 Å². The van der Waals surface area contributed by atoms with Crippen LogP contribution in [0.4, 0.5) is 0 Å². The molecule has 444 valence electrons. The van der Waals surface area contributed by atoms with Gasteiger partial charge in [0.25, 0.3) is 0 Å². The van der Waals surface area contributed by atoms with Crippen LogP contribution < -0.4 is 37.2 Å².